The maximum Gasteiger partial charge on any atom is 0.191 e. The van der Waals surface area contributed by atoms with Gasteiger partial charge in [-0.1, -0.05) is 53.7 Å². The highest BCUT2D eigenvalue weighted by Crippen LogP contribution is 2.37. The Labute approximate surface area is 173 Å². The first kappa shape index (κ1) is 25.2. The fourth-order valence-corrected chi connectivity index (χ4v) is 3.86. The van der Waals surface area contributed by atoms with Crippen LogP contribution in [0.15, 0.2) is 24.3 Å². The number of ether oxygens (including phenoxy) is 2. The predicted molar refractivity (Wildman–Crippen MR) is 119 cm³/mol. The molecule has 1 N–H and O–H groups in total. The van der Waals surface area contributed by atoms with Crippen LogP contribution in [0.5, 0.6) is 5.75 Å². The zero-order chi connectivity index (χ0) is 21.5. The van der Waals surface area contributed by atoms with Gasteiger partial charge in [-0.3, -0.25) is 0 Å². The van der Waals surface area contributed by atoms with E-state index in [-0.39, 0.29) is 11.0 Å². The van der Waals surface area contributed by atoms with Gasteiger partial charge in [-0.2, -0.15) is 0 Å². The summed E-state index contributed by atoms with van der Waals surface area (Å²) in [6.07, 6.45) is -0.483. The number of rotatable bonds is 11. The molecule has 0 fully saturated rings. The van der Waals surface area contributed by atoms with Crippen molar-refractivity contribution >= 4 is 8.32 Å². The third-order valence-electron chi connectivity index (χ3n) is 6.56. The molecule has 0 radical (unpaired) electrons. The van der Waals surface area contributed by atoms with Crippen LogP contribution in [0.1, 0.15) is 47.1 Å². The van der Waals surface area contributed by atoms with Gasteiger partial charge in [0.1, 0.15) is 5.75 Å². The molecule has 0 spiro atoms. The molecule has 4 atom stereocenters. The zero-order valence-corrected chi connectivity index (χ0v) is 20.4. The second-order valence-corrected chi connectivity index (χ2v) is 14.5. The van der Waals surface area contributed by atoms with Crippen LogP contribution in [0.4, 0.5) is 0 Å². The molecule has 4 nitrogen and oxygen atoms in total. The monoisotopic (exact) mass is 410 g/mol. The maximum atomic E-state index is 10.6. The summed E-state index contributed by atoms with van der Waals surface area (Å²) < 4.78 is 17.3. The van der Waals surface area contributed by atoms with E-state index in [1.54, 1.807) is 7.11 Å². The normalized spacial score (nSPS) is 17.1. The molecule has 1 rings (SSSR count). The molecule has 0 aliphatic heterocycles. The number of benzene rings is 1. The van der Waals surface area contributed by atoms with Gasteiger partial charge < -0.3 is 19.0 Å². The van der Waals surface area contributed by atoms with Crippen molar-refractivity contribution in [3.05, 3.63) is 29.8 Å². The topological polar surface area (TPSA) is 47.9 Å². The van der Waals surface area contributed by atoms with Gasteiger partial charge in [-0.05, 0) is 53.6 Å². The summed E-state index contributed by atoms with van der Waals surface area (Å²) in [6.45, 7) is 19.5. The quantitative estimate of drug-likeness (QED) is 0.489. The van der Waals surface area contributed by atoms with Gasteiger partial charge >= 0.3 is 0 Å². The van der Waals surface area contributed by atoms with Gasteiger partial charge in [0.25, 0.3) is 0 Å². The fraction of sp³-hybridized carbons (Fsp3) is 0.739. The highest BCUT2D eigenvalue weighted by molar-refractivity contribution is 6.74. The van der Waals surface area contributed by atoms with Crippen molar-refractivity contribution in [1.82, 2.24) is 0 Å². The lowest BCUT2D eigenvalue weighted by atomic mass is 9.82. The average molecular weight is 411 g/mol. The summed E-state index contributed by atoms with van der Waals surface area (Å²) in [6, 6.07) is 7.81. The second kappa shape index (κ2) is 10.8. The van der Waals surface area contributed by atoms with E-state index in [2.05, 4.69) is 54.6 Å². The number of aliphatic hydroxyl groups excluding tert-OH is 1. The minimum atomic E-state index is -1.74. The Bertz CT molecular complexity index is 565. The number of hydrogen-bond donors (Lipinski definition) is 1. The summed E-state index contributed by atoms with van der Waals surface area (Å²) in [5.74, 6) is 1.72. The van der Waals surface area contributed by atoms with Crippen molar-refractivity contribution in [2.45, 2.75) is 72.4 Å². The Morgan fingerprint density at radius 1 is 0.964 bits per heavy atom. The largest absolute Gasteiger partial charge is 0.497 e. The first-order valence-corrected chi connectivity index (χ1v) is 13.3. The molecule has 0 saturated heterocycles. The molecular weight excluding hydrogens is 368 g/mol. The number of aliphatic hydroxyl groups is 1. The van der Waals surface area contributed by atoms with Crippen molar-refractivity contribution in [3.63, 3.8) is 0 Å². The van der Waals surface area contributed by atoms with Crippen LogP contribution in [0.25, 0.3) is 0 Å². The molecule has 162 valence electrons. The molecular formula is C23H42O4Si. The van der Waals surface area contributed by atoms with Crippen LogP contribution in [0.2, 0.25) is 18.1 Å². The Morgan fingerprint density at radius 3 is 2.04 bits per heavy atom. The third kappa shape index (κ3) is 7.51. The molecule has 0 aromatic heterocycles. The fourth-order valence-electron chi connectivity index (χ4n) is 2.75. The Hall–Kier alpha value is -0.883. The summed E-state index contributed by atoms with van der Waals surface area (Å²) >= 11 is 0. The summed E-state index contributed by atoms with van der Waals surface area (Å²) in [5.41, 5.74) is 1.07. The molecule has 1 aromatic carbocycles. The maximum absolute atomic E-state index is 10.6. The summed E-state index contributed by atoms with van der Waals surface area (Å²) in [7, 11) is -0.0815. The molecule has 0 aliphatic carbocycles. The molecule has 0 bridgehead atoms. The molecule has 2 unspecified atom stereocenters. The van der Waals surface area contributed by atoms with Gasteiger partial charge in [0.15, 0.2) is 8.32 Å². The Kier molecular flexibility index (Phi) is 9.67. The van der Waals surface area contributed by atoms with Crippen LogP contribution in [0.3, 0.4) is 0 Å². The lowest BCUT2D eigenvalue weighted by molar-refractivity contribution is -0.0197. The van der Waals surface area contributed by atoms with Gasteiger partial charge in [-0.25, -0.2) is 0 Å². The molecule has 0 aliphatic rings. The van der Waals surface area contributed by atoms with E-state index in [0.717, 1.165) is 17.9 Å². The van der Waals surface area contributed by atoms with Crippen LogP contribution < -0.4 is 4.74 Å². The number of hydrogen-bond acceptors (Lipinski definition) is 4. The van der Waals surface area contributed by atoms with E-state index in [9.17, 15) is 5.11 Å². The first-order chi connectivity index (χ1) is 12.9. The van der Waals surface area contributed by atoms with E-state index in [4.69, 9.17) is 13.9 Å². The smallest absolute Gasteiger partial charge is 0.191 e. The van der Waals surface area contributed by atoms with E-state index in [0.29, 0.717) is 25.0 Å². The first-order valence-electron chi connectivity index (χ1n) is 10.4. The molecule has 1 aromatic rings. The van der Waals surface area contributed by atoms with Gasteiger partial charge in [0.2, 0.25) is 0 Å². The SMILES string of the molecule is COc1ccc(COCC(O)[C@@H](C)[C@H](C)C(C)CO[Si](C)(C)C(C)(C)C)cc1. The lowest BCUT2D eigenvalue weighted by Gasteiger charge is -2.38. The van der Waals surface area contributed by atoms with Gasteiger partial charge in [0, 0.05) is 6.61 Å². The van der Waals surface area contributed by atoms with Crippen LogP contribution in [0, 0.1) is 17.8 Å². The van der Waals surface area contributed by atoms with E-state index >= 15 is 0 Å². The van der Waals surface area contributed by atoms with Gasteiger partial charge in [-0.15, -0.1) is 0 Å². The van der Waals surface area contributed by atoms with Gasteiger partial charge in [0.05, 0.1) is 26.4 Å². The Balaban J connectivity index is 2.44. The van der Waals surface area contributed by atoms with Crippen LogP contribution >= 0.6 is 0 Å². The van der Waals surface area contributed by atoms with Crippen molar-refractivity contribution in [1.29, 1.82) is 0 Å². The summed E-state index contributed by atoms with van der Waals surface area (Å²) in [4.78, 5) is 0. The second-order valence-electron chi connectivity index (χ2n) is 9.70. The molecule has 0 amide bonds. The van der Waals surface area contributed by atoms with E-state index < -0.39 is 14.4 Å². The minimum absolute atomic E-state index is 0.147. The average Bonchev–Trinajstić information content (AvgIpc) is 2.64. The van der Waals surface area contributed by atoms with E-state index in [1.807, 2.05) is 24.3 Å². The highest BCUT2D eigenvalue weighted by atomic mass is 28.4. The minimum Gasteiger partial charge on any atom is -0.497 e. The van der Waals surface area contributed by atoms with Crippen LogP contribution in [-0.4, -0.2) is 39.9 Å². The number of methoxy groups -OCH3 is 1. The molecule has 0 saturated carbocycles. The van der Waals surface area contributed by atoms with Crippen molar-refractivity contribution in [2.75, 3.05) is 20.3 Å². The molecule has 0 heterocycles. The molecule has 28 heavy (non-hydrogen) atoms. The van der Waals surface area contributed by atoms with E-state index in [1.165, 1.54) is 0 Å². The van der Waals surface area contributed by atoms with Crippen molar-refractivity contribution in [2.24, 2.45) is 17.8 Å². The highest BCUT2D eigenvalue weighted by Gasteiger charge is 2.38. The summed E-state index contributed by atoms with van der Waals surface area (Å²) in [5, 5.41) is 10.8. The third-order valence-corrected chi connectivity index (χ3v) is 11.1. The van der Waals surface area contributed by atoms with Crippen molar-refractivity contribution < 1.29 is 19.0 Å². The predicted octanol–water partition coefficient (Wildman–Crippen LogP) is 5.50. The van der Waals surface area contributed by atoms with Crippen LogP contribution in [-0.2, 0) is 15.8 Å². The molecule has 5 heteroatoms. The standard InChI is InChI=1S/C23H42O4Si/c1-17(14-27-28(8,9)23(4,5)6)18(2)19(3)22(24)16-26-15-20-10-12-21(25-7)13-11-20/h10-13,17-19,22,24H,14-16H2,1-9H3/t17?,18-,19+,22?/m1/s1. The van der Waals surface area contributed by atoms with Crippen molar-refractivity contribution in [3.8, 4) is 5.75 Å². The zero-order valence-electron chi connectivity index (χ0n) is 19.4. The Morgan fingerprint density at radius 2 is 1.54 bits per heavy atom. The lowest BCUT2D eigenvalue weighted by Crippen LogP contribution is -2.43.